The summed E-state index contributed by atoms with van der Waals surface area (Å²) in [5, 5.41) is 2.77. The summed E-state index contributed by atoms with van der Waals surface area (Å²) in [5.41, 5.74) is 6.68. The van der Waals surface area contributed by atoms with Gasteiger partial charge in [0.1, 0.15) is 11.5 Å². The van der Waals surface area contributed by atoms with Crippen molar-refractivity contribution in [3.05, 3.63) is 48.0 Å². The smallest absolute Gasteiger partial charge is 0.248 e. The minimum atomic E-state index is -0.539. The number of nitrogens with zero attached hydrogens (tertiary/aromatic N) is 1. The molecule has 1 aliphatic heterocycles. The molecular formula is C20H21N3O5. The van der Waals surface area contributed by atoms with Gasteiger partial charge >= 0.3 is 0 Å². The number of primary amides is 1. The molecule has 28 heavy (non-hydrogen) atoms. The van der Waals surface area contributed by atoms with Crippen LogP contribution in [0.5, 0.6) is 11.5 Å². The van der Waals surface area contributed by atoms with Crippen LogP contribution in [-0.2, 0) is 9.59 Å². The lowest BCUT2D eigenvalue weighted by Crippen LogP contribution is -2.28. The Morgan fingerprint density at radius 2 is 1.82 bits per heavy atom. The lowest BCUT2D eigenvalue weighted by Gasteiger charge is -2.20. The van der Waals surface area contributed by atoms with Crippen molar-refractivity contribution in [1.29, 1.82) is 0 Å². The van der Waals surface area contributed by atoms with Crippen LogP contribution >= 0.6 is 0 Å². The Morgan fingerprint density at radius 1 is 1.11 bits per heavy atom. The van der Waals surface area contributed by atoms with Crippen molar-refractivity contribution in [2.45, 2.75) is 6.42 Å². The normalized spacial score (nSPS) is 16.0. The SMILES string of the molecule is COc1ccc(N2C[C@@H](C(=O)Nc3ccc(C(N)=O)cc3)CC2=O)c(OC)c1. The third kappa shape index (κ3) is 3.90. The molecule has 1 aliphatic rings. The monoisotopic (exact) mass is 383 g/mol. The first kappa shape index (κ1) is 19.2. The van der Waals surface area contributed by atoms with Crippen LogP contribution in [0.2, 0.25) is 0 Å². The van der Waals surface area contributed by atoms with Gasteiger partial charge in [0.05, 0.1) is 25.8 Å². The fourth-order valence-electron chi connectivity index (χ4n) is 3.09. The van der Waals surface area contributed by atoms with E-state index in [1.165, 1.54) is 19.2 Å². The van der Waals surface area contributed by atoms with E-state index in [-0.39, 0.29) is 24.8 Å². The molecule has 0 spiro atoms. The van der Waals surface area contributed by atoms with Gasteiger partial charge in [-0.15, -0.1) is 0 Å². The van der Waals surface area contributed by atoms with Gasteiger partial charge in [-0.2, -0.15) is 0 Å². The summed E-state index contributed by atoms with van der Waals surface area (Å²) in [4.78, 5) is 37.7. The first-order valence-electron chi connectivity index (χ1n) is 8.66. The molecule has 1 fully saturated rings. The molecule has 8 heteroatoms. The number of rotatable bonds is 6. The maximum atomic E-state index is 12.6. The molecule has 3 amide bonds. The van der Waals surface area contributed by atoms with Gasteiger partial charge in [0, 0.05) is 30.3 Å². The number of amides is 3. The summed E-state index contributed by atoms with van der Waals surface area (Å²) in [7, 11) is 3.06. The molecule has 0 saturated carbocycles. The zero-order valence-electron chi connectivity index (χ0n) is 15.6. The first-order valence-corrected chi connectivity index (χ1v) is 8.66. The molecule has 0 radical (unpaired) electrons. The number of carbonyl (C=O) groups excluding carboxylic acids is 3. The third-order valence-corrected chi connectivity index (χ3v) is 4.61. The van der Waals surface area contributed by atoms with Gasteiger partial charge in [-0.1, -0.05) is 0 Å². The van der Waals surface area contributed by atoms with Crippen LogP contribution in [-0.4, -0.2) is 38.5 Å². The minimum Gasteiger partial charge on any atom is -0.497 e. The molecule has 1 heterocycles. The molecule has 146 valence electrons. The van der Waals surface area contributed by atoms with E-state index in [2.05, 4.69) is 5.32 Å². The van der Waals surface area contributed by atoms with Crippen LogP contribution in [0, 0.1) is 5.92 Å². The standard InChI is InChI=1S/C20H21N3O5/c1-27-15-7-8-16(17(10-15)28-2)23-11-13(9-18(23)24)20(26)22-14-5-3-12(4-6-14)19(21)25/h3-8,10,13H,9,11H2,1-2H3,(H2,21,25)(H,22,26)/t13-/m0/s1. The van der Waals surface area contributed by atoms with E-state index in [4.69, 9.17) is 15.2 Å². The molecule has 2 aromatic carbocycles. The van der Waals surface area contributed by atoms with Crippen molar-refractivity contribution in [1.82, 2.24) is 0 Å². The number of anilines is 2. The van der Waals surface area contributed by atoms with Crippen LogP contribution in [0.25, 0.3) is 0 Å². The lowest BCUT2D eigenvalue weighted by atomic mass is 10.1. The molecular weight excluding hydrogens is 362 g/mol. The fraction of sp³-hybridized carbons (Fsp3) is 0.250. The summed E-state index contributed by atoms with van der Waals surface area (Å²) < 4.78 is 10.5. The highest BCUT2D eigenvalue weighted by molar-refractivity contribution is 6.04. The summed E-state index contributed by atoms with van der Waals surface area (Å²) in [5.74, 6) is -0.363. The second kappa shape index (κ2) is 7.99. The topological polar surface area (TPSA) is 111 Å². The van der Waals surface area contributed by atoms with Crippen LogP contribution in [0.4, 0.5) is 11.4 Å². The summed E-state index contributed by atoms with van der Waals surface area (Å²) in [6.07, 6.45) is 0.0976. The zero-order chi connectivity index (χ0) is 20.3. The van der Waals surface area contributed by atoms with E-state index in [9.17, 15) is 14.4 Å². The van der Waals surface area contributed by atoms with Crippen LogP contribution in [0.15, 0.2) is 42.5 Å². The van der Waals surface area contributed by atoms with Crippen molar-refractivity contribution in [3.8, 4) is 11.5 Å². The molecule has 3 rings (SSSR count). The number of nitrogens with one attached hydrogen (secondary N) is 1. The predicted octanol–water partition coefficient (Wildman–Crippen LogP) is 1.79. The van der Waals surface area contributed by atoms with Crippen molar-refractivity contribution in [2.75, 3.05) is 31.0 Å². The Hall–Kier alpha value is -3.55. The van der Waals surface area contributed by atoms with Gasteiger partial charge in [0.15, 0.2) is 0 Å². The fourth-order valence-corrected chi connectivity index (χ4v) is 3.09. The van der Waals surface area contributed by atoms with E-state index in [0.29, 0.717) is 28.4 Å². The van der Waals surface area contributed by atoms with Crippen molar-refractivity contribution in [2.24, 2.45) is 11.7 Å². The van der Waals surface area contributed by atoms with Crippen LogP contribution < -0.4 is 25.4 Å². The molecule has 3 N–H and O–H groups in total. The van der Waals surface area contributed by atoms with Gasteiger partial charge in [0.25, 0.3) is 0 Å². The van der Waals surface area contributed by atoms with Crippen molar-refractivity contribution < 1.29 is 23.9 Å². The number of carbonyl (C=O) groups is 3. The van der Waals surface area contributed by atoms with Crippen LogP contribution in [0.1, 0.15) is 16.8 Å². The highest BCUT2D eigenvalue weighted by Crippen LogP contribution is 2.36. The van der Waals surface area contributed by atoms with Crippen molar-refractivity contribution >= 4 is 29.1 Å². The Kier molecular flexibility index (Phi) is 5.49. The predicted molar refractivity (Wildman–Crippen MR) is 104 cm³/mol. The molecule has 0 aliphatic carbocycles. The Labute approximate surface area is 162 Å². The molecule has 0 unspecified atom stereocenters. The molecule has 8 nitrogen and oxygen atoms in total. The molecule has 1 atom stereocenters. The van der Waals surface area contributed by atoms with Crippen LogP contribution in [0.3, 0.4) is 0 Å². The lowest BCUT2D eigenvalue weighted by molar-refractivity contribution is -0.122. The van der Waals surface area contributed by atoms with E-state index in [1.54, 1.807) is 42.3 Å². The Morgan fingerprint density at radius 3 is 2.43 bits per heavy atom. The average Bonchev–Trinajstić information content (AvgIpc) is 3.09. The summed E-state index contributed by atoms with van der Waals surface area (Å²) in [6.45, 7) is 0.243. The minimum absolute atomic E-state index is 0.0976. The number of benzene rings is 2. The molecule has 0 aromatic heterocycles. The summed E-state index contributed by atoms with van der Waals surface area (Å²) >= 11 is 0. The van der Waals surface area contributed by atoms with E-state index in [1.807, 2.05) is 0 Å². The second-order valence-corrected chi connectivity index (χ2v) is 6.37. The number of methoxy groups -OCH3 is 2. The second-order valence-electron chi connectivity index (χ2n) is 6.37. The Balaban J connectivity index is 1.71. The van der Waals surface area contributed by atoms with Gasteiger partial charge in [-0.05, 0) is 36.4 Å². The van der Waals surface area contributed by atoms with Gasteiger partial charge in [-0.25, -0.2) is 0 Å². The average molecular weight is 383 g/mol. The number of hydrogen-bond acceptors (Lipinski definition) is 5. The number of ether oxygens (including phenoxy) is 2. The first-order chi connectivity index (χ1) is 13.4. The van der Waals surface area contributed by atoms with Gasteiger partial charge in [-0.3, -0.25) is 14.4 Å². The van der Waals surface area contributed by atoms with Gasteiger partial charge in [0.2, 0.25) is 17.7 Å². The number of nitrogens with two attached hydrogens (primary N) is 1. The van der Waals surface area contributed by atoms with Gasteiger partial charge < -0.3 is 25.4 Å². The van der Waals surface area contributed by atoms with E-state index in [0.717, 1.165) is 0 Å². The Bertz CT molecular complexity index is 911. The zero-order valence-corrected chi connectivity index (χ0v) is 15.6. The highest BCUT2D eigenvalue weighted by Gasteiger charge is 2.36. The third-order valence-electron chi connectivity index (χ3n) is 4.61. The van der Waals surface area contributed by atoms with E-state index >= 15 is 0 Å². The molecule has 1 saturated heterocycles. The summed E-state index contributed by atoms with van der Waals surface area (Å²) in [6, 6.07) is 11.4. The number of hydrogen-bond donors (Lipinski definition) is 2. The highest BCUT2D eigenvalue weighted by atomic mass is 16.5. The maximum Gasteiger partial charge on any atom is 0.248 e. The largest absolute Gasteiger partial charge is 0.497 e. The van der Waals surface area contributed by atoms with Crippen molar-refractivity contribution in [3.63, 3.8) is 0 Å². The maximum absolute atomic E-state index is 12.6. The molecule has 0 bridgehead atoms. The quantitative estimate of drug-likeness (QED) is 0.790. The van der Waals surface area contributed by atoms with E-state index < -0.39 is 11.8 Å². The molecule has 2 aromatic rings.